The molecule has 8 N–H and O–H groups in total. The molecule has 26 nitrogen and oxygen atoms in total. The second-order valence-corrected chi connectivity index (χ2v) is 25.0. The van der Waals surface area contributed by atoms with Crippen molar-refractivity contribution in [3.8, 4) is 0 Å². The molecular weight excluding hydrogens is 1180 g/mol. The van der Waals surface area contributed by atoms with Gasteiger partial charge in [-0.25, -0.2) is 4.79 Å². The summed E-state index contributed by atoms with van der Waals surface area (Å²) >= 11 is 0. The predicted molar refractivity (Wildman–Crippen MR) is 314 cm³/mol. The van der Waals surface area contributed by atoms with Crippen LogP contribution >= 0.6 is 0 Å². The first kappa shape index (κ1) is 73.5. The molecule has 0 bridgehead atoms. The average molecular weight is 1290 g/mol. The van der Waals surface area contributed by atoms with Crippen molar-refractivity contribution in [1.29, 1.82) is 0 Å². The lowest BCUT2D eigenvalue weighted by molar-refractivity contribution is -0.400. The zero-order valence-corrected chi connectivity index (χ0v) is 53.2. The molecule has 27 unspecified atom stereocenters. The summed E-state index contributed by atoms with van der Waals surface area (Å²) in [5, 5.41) is 91.6. The van der Waals surface area contributed by atoms with Crippen LogP contribution < -0.4 is 0 Å². The molecule has 90 heavy (non-hydrogen) atoms. The molecule has 26 heteroatoms. The standard InChI is InChI=1S/C64H100O26/c1-10-12-19-26-39-27-22-16-14-13-15-17-23-28-41(66)84-55-48(73)50(35(7)79-62(55)89-54-46(71)44(69)40(31-65)82-63(54)81-39)87-64-57(86-59(76)33(5)11-2)56(90-60-47(72)45(70)43(68)34(6)77-60)52(37(9)80-64)88-61-49(74)53(51(36(8)78-61)85-58(75)32(3)4)83-42(67)30-29-38-24-20-18-21-25-38/h18,20-21,24-25,29-30,32-37,39-40,43-57,60-65,68-74H,10-17,19,22-23,26-28,31H2,1-9H3. The Morgan fingerprint density at radius 2 is 1.16 bits per heavy atom. The number of hydrogen-bond acceptors (Lipinski definition) is 26. The number of unbranched alkanes of at least 4 members (excludes halogenated alkanes) is 2. The number of esters is 4. The van der Waals surface area contributed by atoms with Crippen LogP contribution in [0.15, 0.2) is 36.4 Å². The number of hydrogen-bond donors (Lipinski definition) is 8. The molecular formula is C64H100O26. The summed E-state index contributed by atoms with van der Waals surface area (Å²) in [5.41, 5.74) is 0.653. The van der Waals surface area contributed by atoms with E-state index in [9.17, 15) is 60.0 Å². The lowest BCUT2D eigenvalue weighted by atomic mass is 9.95. The minimum atomic E-state index is -1.96. The van der Waals surface area contributed by atoms with Gasteiger partial charge in [0.05, 0.1) is 49.0 Å². The van der Waals surface area contributed by atoms with Gasteiger partial charge in [0.15, 0.2) is 55.9 Å². The molecule has 512 valence electrons. The Kier molecular flexibility index (Phi) is 28.6. The van der Waals surface area contributed by atoms with E-state index >= 15 is 0 Å². The van der Waals surface area contributed by atoms with Crippen molar-refractivity contribution < 1.29 is 126 Å². The predicted octanol–water partition coefficient (Wildman–Crippen LogP) is 3.30. The van der Waals surface area contributed by atoms with Gasteiger partial charge >= 0.3 is 23.9 Å². The van der Waals surface area contributed by atoms with Crippen molar-refractivity contribution in [2.45, 2.75) is 312 Å². The lowest BCUT2D eigenvalue weighted by Gasteiger charge is -2.51. The van der Waals surface area contributed by atoms with E-state index in [0.717, 1.165) is 57.4 Å². The SMILES string of the molecule is CCCCCC1CCCCCCCCCC(=O)OC2C(OC(C)C(OC3OC(C)C(OC4OC(C)C(OC(=O)C(C)C)C(OC(=O)C=Cc5ccccc5)C4O)C(OC4OC(C)C(O)C(O)C4O)C3OC(=O)C(C)CC)C2O)OC2C(O1)OC(CO)C(O)C2O. The molecule has 0 aliphatic carbocycles. The van der Waals surface area contributed by atoms with Crippen LogP contribution in [-0.2, 0) is 85.5 Å². The van der Waals surface area contributed by atoms with E-state index in [4.69, 9.17) is 66.3 Å². The quantitative estimate of drug-likeness (QED) is 0.0426. The maximum atomic E-state index is 14.2. The Hall–Kier alpha value is -3.88. The zero-order chi connectivity index (χ0) is 65.5. The van der Waals surface area contributed by atoms with Gasteiger partial charge in [-0.15, -0.1) is 0 Å². The number of carbonyl (C=O) groups is 4. The molecule has 1 aromatic carbocycles. The summed E-state index contributed by atoms with van der Waals surface area (Å²) in [6.07, 6.45) is -28.3. The van der Waals surface area contributed by atoms with Crippen molar-refractivity contribution >= 4 is 30.0 Å². The van der Waals surface area contributed by atoms with E-state index in [-0.39, 0.29) is 18.9 Å². The topological polar surface area (TPSA) is 359 Å². The van der Waals surface area contributed by atoms with Gasteiger partial charge in [0, 0.05) is 12.5 Å². The van der Waals surface area contributed by atoms with E-state index in [1.54, 1.807) is 58.0 Å². The fourth-order valence-corrected chi connectivity index (χ4v) is 11.8. The van der Waals surface area contributed by atoms with Gasteiger partial charge in [-0.2, -0.15) is 0 Å². The molecule has 6 aliphatic rings. The van der Waals surface area contributed by atoms with Crippen LogP contribution in [0.1, 0.15) is 158 Å². The Morgan fingerprint density at radius 1 is 0.556 bits per heavy atom. The highest BCUT2D eigenvalue weighted by atomic mass is 16.8. The van der Waals surface area contributed by atoms with Crippen LogP contribution in [0.3, 0.4) is 0 Å². The normalized spacial score (nSPS) is 40.7. The van der Waals surface area contributed by atoms with E-state index < -0.39 is 196 Å². The number of fused-ring (bicyclic) bond motifs is 2. The smallest absolute Gasteiger partial charge is 0.331 e. The summed E-state index contributed by atoms with van der Waals surface area (Å²) in [4.78, 5) is 54.9. The van der Waals surface area contributed by atoms with Crippen LogP contribution in [0.25, 0.3) is 6.08 Å². The summed E-state index contributed by atoms with van der Waals surface area (Å²) in [6, 6.07) is 8.82. The van der Waals surface area contributed by atoms with Crippen molar-refractivity contribution in [3.63, 3.8) is 0 Å². The first-order valence-corrected chi connectivity index (χ1v) is 32.4. The summed E-state index contributed by atoms with van der Waals surface area (Å²) in [5.74, 6) is -4.65. The number of aliphatic hydroxyl groups is 8. The second-order valence-electron chi connectivity index (χ2n) is 25.0. The second kappa shape index (κ2) is 35.0. The van der Waals surface area contributed by atoms with Gasteiger partial charge in [0.2, 0.25) is 0 Å². The summed E-state index contributed by atoms with van der Waals surface area (Å²) in [6.45, 7) is 13.8. The summed E-state index contributed by atoms with van der Waals surface area (Å²) in [7, 11) is 0. The van der Waals surface area contributed by atoms with Crippen LogP contribution in [0.2, 0.25) is 0 Å². The first-order chi connectivity index (χ1) is 43.0. The minimum absolute atomic E-state index is 0.0681. The molecule has 6 aliphatic heterocycles. The van der Waals surface area contributed by atoms with Gasteiger partial charge in [-0.05, 0) is 65.0 Å². The minimum Gasteiger partial charge on any atom is -0.455 e. The molecule has 0 amide bonds. The molecule has 6 saturated heterocycles. The van der Waals surface area contributed by atoms with Gasteiger partial charge in [0.25, 0.3) is 0 Å². The number of benzene rings is 1. The number of rotatable bonds is 19. The molecule has 0 radical (unpaired) electrons. The molecule has 1 aromatic rings. The zero-order valence-electron chi connectivity index (χ0n) is 53.2. The van der Waals surface area contributed by atoms with Gasteiger partial charge < -0.3 is 107 Å². The highest BCUT2D eigenvalue weighted by molar-refractivity contribution is 5.87. The molecule has 0 saturated carbocycles. The fourth-order valence-electron chi connectivity index (χ4n) is 11.8. The highest BCUT2D eigenvalue weighted by Crippen LogP contribution is 2.40. The highest BCUT2D eigenvalue weighted by Gasteiger charge is 2.59. The van der Waals surface area contributed by atoms with Crippen molar-refractivity contribution in [2.75, 3.05) is 6.61 Å². The third kappa shape index (κ3) is 19.2. The van der Waals surface area contributed by atoms with Crippen LogP contribution in [0, 0.1) is 11.8 Å². The molecule has 6 fully saturated rings. The third-order valence-corrected chi connectivity index (χ3v) is 17.6. The largest absolute Gasteiger partial charge is 0.455 e. The van der Waals surface area contributed by atoms with E-state index in [2.05, 4.69) is 6.92 Å². The molecule has 27 atom stereocenters. The Labute approximate surface area is 526 Å². The maximum Gasteiger partial charge on any atom is 0.331 e. The molecule has 6 heterocycles. The Balaban J connectivity index is 1.24. The van der Waals surface area contributed by atoms with E-state index in [0.29, 0.717) is 31.2 Å². The van der Waals surface area contributed by atoms with Gasteiger partial charge in [-0.1, -0.05) is 123 Å². The van der Waals surface area contributed by atoms with Crippen molar-refractivity contribution in [2.24, 2.45) is 11.8 Å². The van der Waals surface area contributed by atoms with Gasteiger partial charge in [0.1, 0.15) is 73.2 Å². The van der Waals surface area contributed by atoms with E-state index in [1.807, 2.05) is 0 Å². The lowest BCUT2D eigenvalue weighted by Crippen LogP contribution is -2.68. The first-order valence-electron chi connectivity index (χ1n) is 32.4. The van der Waals surface area contributed by atoms with Crippen LogP contribution in [0.5, 0.6) is 0 Å². The molecule has 7 rings (SSSR count). The fraction of sp³-hybridized carbons (Fsp3) is 0.812. The number of ether oxygens (including phenoxy) is 14. The summed E-state index contributed by atoms with van der Waals surface area (Å²) < 4.78 is 88.3. The third-order valence-electron chi connectivity index (χ3n) is 17.6. The molecule has 0 spiro atoms. The number of aliphatic hydroxyl groups excluding tert-OH is 8. The average Bonchev–Trinajstić information content (AvgIpc) is 0.812. The van der Waals surface area contributed by atoms with Crippen molar-refractivity contribution in [3.05, 3.63) is 42.0 Å². The monoisotopic (exact) mass is 1280 g/mol. The van der Waals surface area contributed by atoms with Crippen LogP contribution in [0.4, 0.5) is 0 Å². The van der Waals surface area contributed by atoms with Gasteiger partial charge in [-0.3, -0.25) is 14.4 Å². The Bertz CT molecular complexity index is 2380. The molecule has 0 aromatic heterocycles. The number of carbonyl (C=O) groups excluding carboxylic acids is 4. The maximum absolute atomic E-state index is 14.2. The van der Waals surface area contributed by atoms with Crippen LogP contribution in [-0.4, -0.2) is 231 Å². The van der Waals surface area contributed by atoms with Crippen molar-refractivity contribution in [1.82, 2.24) is 0 Å². The Morgan fingerprint density at radius 3 is 1.83 bits per heavy atom. The van der Waals surface area contributed by atoms with E-state index in [1.165, 1.54) is 33.8 Å².